The minimum absolute atomic E-state index is 0.233. The second kappa shape index (κ2) is 4.80. The molecule has 0 spiro atoms. The van der Waals surface area contributed by atoms with E-state index >= 15 is 0 Å². The number of nitrogen functional groups attached to an aromatic ring is 1. The molecule has 0 radical (unpaired) electrons. The minimum Gasteiger partial charge on any atom is -0.308 e. The third kappa shape index (κ3) is 2.70. The monoisotopic (exact) mass is 254 g/mol. The molecule has 4 nitrogen and oxygen atoms in total. The van der Waals surface area contributed by atoms with Crippen molar-refractivity contribution in [3.63, 3.8) is 0 Å². The molecule has 1 saturated heterocycles. The van der Waals surface area contributed by atoms with Gasteiger partial charge in [-0.15, -0.1) is 0 Å². The van der Waals surface area contributed by atoms with E-state index in [1.807, 2.05) is 6.07 Å². The van der Waals surface area contributed by atoms with Gasteiger partial charge in [-0.05, 0) is 45.4 Å². The topological polar surface area (TPSA) is 54.2 Å². The summed E-state index contributed by atoms with van der Waals surface area (Å²) in [7, 11) is 0. The Hall–Kier alpha value is -0.840. The summed E-state index contributed by atoms with van der Waals surface area (Å²) in [6, 6.07) is 3.61. The minimum atomic E-state index is 0.233. The van der Waals surface area contributed by atoms with E-state index in [1.54, 1.807) is 6.07 Å². The van der Waals surface area contributed by atoms with Gasteiger partial charge >= 0.3 is 0 Å². The first-order valence-corrected chi connectivity index (χ1v) is 6.28. The van der Waals surface area contributed by atoms with Crippen molar-refractivity contribution in [2.24, 2.45) is 5.84 Å². The summed E-state index contributed by atoms with van der Waals surface area (Å²) < 4.78 is 0. The van der Waals surface area contributed by atoms with Crippen LogP contribution in [-0.2, 0) is 6.54 Å². The van der Waals surface area contributed by atoms with E-state index in [0.717, 1.165) is 18.8 Å². The van der Waals surface area contributed by atoms with Crippen molar-refractivity contribution >= 4 is 17.4 Å². The number of aromatic nitrogens is 1. The summed E-state index contributed by atoms with van der Waals surface area (Å²) in [5.41, 5.74) is 3.67. The number of hydrazine groups is 1. The first-order chi connectivity index (χ1) is 8.03. The maximum atomic E-state index is 6.17. The average molecular weight is 255 g/mol. The van der Waals surface area contributed by atoms with Crippen LogP contribution >= 0.6 is 11.6 Å². The third-order valence-electron chi connectivity index (χ3n) is 3.48. The summed E-state index contributed by atoms with van der Waals surface area (Å²) in [6.45, 7) is 6.41. The number of halogens is 1. The largest absolute Gasteiger partial charge is 0.308 e. The van der Waals surface area contributed by atoms with E-state index in [9.17, 15) is 0 Å². The Morgan fingerprint density at radius 2 is 2.29 bits per heavy atom. The second-order valence-electron chi connectivity index (χ2n) is 5.11. The highest BCUT2D eigenvalue weighted by molar-refractivity contribution is 6.31. The predicted molar refractivity (Wildman–Crippen MR) is 70.8 cm³/mol. The molecule has 94 valence electrons. The van der Waals surface area contributed by atoms with Gasteiger partial charge in [0.2, 0.25) is 0 Å². The Labute approximate surface area is 107 Å². The molecule has 1 fully saturated rings. The van der Waals surface area contributed by atoms with Gasteiger partial charge in [-0.25, -0.2) is 10.8 Å². The molecule has 0 saturated carbocycles. The molecule has 0 aromatic carbocycles. The first-order valence-electron chi connectivity index (χ1n) is 5.90. The van der Waals surface area contributed by atoms with Gasteiger partial charge in [0.15, 0.2) is 0 Å². The molecule has 17 heavy (non-hydrogen) atoms. The molecular weight excluding hydrogens is 236 g/mol. The van der Waals surface area contributed by atoms with Crippen molar-refractivity contribution in [3.05, 3.63) is 22.8 Å². The Morgan fingerprint density at radius 1 is 1.53 bits per heavy atom. The predicted octanol–water partition coefficient (Wildman–Crippen LogP) is 2.39. The molecule has 2 rings (SSSR count). The standard InChI is InChI=1S/C12H19ClN4/c1-12(2)6-3-7-17(12)8-10-9(13)4-5-11(15-10)16-14/h4-5H,3,6-8,14H2,1-2H3,(H,15,16). The highest BCUT2D eigenvalue weighted by atomic mass is 35.5. The van der Waals surface area contributed by atoms with Crippen LogP contribution in [0.15, 0.2) is 12.1 Å². The van der Waals surface area contributed by atoms with Crippen LogP contribution in [0.25, 0.3) is 0 Å². The molecule has 1 aliphatic rings. The maximum Gasteiger partial charge on any atom is 0.140 e. The number of likely N-dealkylation sites (tertiary alicyclic amines) is 1. The molecule has 2 heterocycles. The third-order valence-corrected chi connectivity index (χ3v) is 3.82. The van der Waals surface area contributed by atoms with Gasteiger partial charge in [-0.3, -0.25) is 4.90 Å². The molecule has 3 N–H and O–H groups in total. The van der Waals surface area contributed by atoms with Crippen LogP contribution < -0.4 is 11.3 Å². The molecule has 0 atom stereocenters. The summed E-state index contributed by atoms with van der Waals surface area (Å²) in [5.74, 6) is 6.02. The van der Waals surface area contributed by atoms with Gasteiger partial charge in [0.05, 0.1) is 10.7 Å². The zero-order valence-electron chi connectivity index (χ0n) is 10.3. The lowest BCUT2D eigenvalue weighted by atomic mass is 10.0. The van der Waals surface area contributed by atoms with E-state index in [0.29, 0.717) is 10.8 Å². The van der Waals surface area contributed by atoms with Crippen molar-refractivity contribution in [3.8, 4) is 0 Å². The summed E-state index contributed by atoms with van der Waals surface area (Å²) >= 11 is 6.17. The van der Waals surface area contributed by atoms with Gasteiger partial charge < -0.3 is 5.43 Å². The fourth-order valence-electron chi connectivity index (χ4n) is 2.31. The summed E-state index contributed by atoms with van der Waals surface area (Å²) in [4.78, 5) is 6.83. The van der Waals surface area contributed by atoms with Crippen LogP contribution in [0.5, 0.6) is 0 Å². The number of rotatable bonds is 3. The van der Waals surface area contributed by atoms with Crippen LogP contribution in [0.1, 0.15) is 32.4 Å². The molecular formula is C12H19ClN4. The Balaban J connectivity index is 2.18. The molecule has 1 aliphatic heterocycles. The fourth-order valence-corrected chi connectivity index (χ4v) is 2.48. The van der Waals surface area contributed by atoms with Crippen molar-refractivity contribution in [1.29, 1.82) is 0 Å². The number of nitrogens with one attached hydrogen (secondary N) is 1. The lowest BCUT2D eigenvalue weighted by Crippen LogP contribution is -2.37. The zero-order valence-corrected chi connectivity index (χ0v) is 11.1. The second-order valence-corrected chi connectivity index (χ2v) is 5.51. The van der Waals surface area contributed by atoms with Crippen LogP contribution in [0.2, 0.25) is 5.02 Å². The van der Waals surface area contributed by atoms with Crippen LogP contribution in [-0.4, -0.2) is 22.0 Å². The maximum absolute atomic E-state index is 6.17. The molecule has 1 aromatic rings. The fraction of sp³-hybridized carbons (Fsp3) is 0.583. The molecule has 0 amide bonds. The van der Waals surface area contributed by atoms with Gasteiger partial charge in [0.1, 0.15) is 5.82 Å². The van der Waals surface area contributed by atoms with Gasteiger partial charge in [-0.2, -0.15) is 0 Å². The molecule has 0 unspecified atom stereocenters. The summed E-state index contributed by atoms with van der Waals surface area (Å²) in [5, 5.41) is 0.701. The van der Waals surface area contributed by atoms with Gasteiger partial charge in [-0.1, -0.05) is 11.6 Å². The Bertz CT molecular complexity index is 405. The quantitative estimate of drug-likeness (QED) is 0.643. The number of anilines is 1. The van der Waals surface area contributed by atoms with Crippen molar-refractivity contribution < 1.29 is 0 Å². The van der Waals surface area contributed by atoms with Crippen molar-refractivity contribution in [1.82, 2.24) is 9.88 Å². The SMILES string of the molecule is CC1(C)CCCN1Cc1nc(NN)ccc1Cl. The normalized spacial score (nSPS) is 19.5. The number of nitrogens with two attached hydrogens (primary N) is 1. The highest BCUT2D eigenvalue weighted by Crippen LogP contribution is 2.30. The van der Waals surface area contributed by atoms with E-state index in [2.05, 4.69) is 29.2 Å². The smallest absolute Gasteiger partial charge is 0.140 e. The zero-order chi connectivity index (χ0) is 12.5. The van der Waals surface area contributed by atoms with Crippen molar-refractivity contribution in [2.75, 3.05) is 12.0 Å². The Kier molecular flexibility index (Phi) is 3.56. The summed E-state index contributed by atoms with van der Waals surface area (Å²) in [6.07, 6.45) is 2.46. The number of nitrogens with zero attached hydrogens (tertiary/aromatic N) is 2. The van der Waals surface area contributed by atoms with E-state index in [1.165, 1.54) is 12.8 Å². The van der Waals surface area contributed by atoms with E-state index in [4.69, 9.17) is 17.4 Å². The van der Waals surface area contributed by atoms with Crippen molar-refractivity contribution in [2.45, 2.75) is 38.8 Å². The molecule has 1 aromatic heterocycles. The van der Waals surface area contributed by atoms with Gasteiger partial charge in [0.25, 0.3) is 0 Å². The van der Waals surface area contributed by atoms with Gasteiger partial charge in [0, 0.05) is 12.1 Å². The van der Waals surface area contributed by atoms with E-state index in [-0.39, 0.29) is 5.54 Å². The molecule has 0 bridgehead atoms. The van der Waals surface area contributed by atoms with Crippen LogP contribution in [0, 0.1) is 0 Å². The highest BCUT2D eigenvalue weighted by Gasteiger charge is 2.32. The molecule has 0 aliphatic carbocycles. The number of hydrogen-bond acceptors (Lipinski definition) is 4. The van der Waals surface area contributed by atoms with E-state index < -0.39 is 0 Å². The number of hydrogen-bond donors (Lipinski definition) is 2. The van der Waals surface area contributed by atoms with Crippen LogP contribution in [0.3, 0.4) is 0 Å². The lowest BCUT2D eigenvalue weighted by molar-refractivity contribution is 0.164. The number of pyridine rings is 1. The average Bonchev–Trinajstić information content (AvgIpc) is 2.61. The lowest BCUT2D eigenvalue weighted by Gasteiger charge is -2.31. The first kappa shape index (κ1) is 12.6. The molecule has 5 heteroatoms. The van der Waals surface area contributed by atoms with Crippen LogP contribution in [0.4, 0.5) is 5.82 Å². The Morgan fingerprint density at radius 3 is 2.88 bits per heavy atom.